The molecule has 0 saturated carbocycles. The van der Waals surface area contributed by atoms with Gasteiger partial charge in [-0.15, -0.1) is 0 Å². The fraction of sp³-hybridized carbons (Fsp3) is 0.133. The Labute approximate surface area is 117 Å². The van der Waals surface area contributed by atoms with E-state index in [4.69, 9.17) is 17.3 Å². The Hall–Kier alpha value is -2.00. The molecule has 19 heavy (non-hydrogen) atoms. The summed E-state index contributed by atoms with van der Waals surface area (Å²) in [7, 11) is 0. The molecule has 98 valence electrons. The number of nitrogens with one attached hydrogen (secondary N) is 1. The second kappa shape index (κ2) is 6.25. The van der Waals surface area contributed by atoms with Crippen LogP contribution in [-0.4, -0.2) is 5.91 Å². The van der Waals surface area contributed by atoms with E-state index in [1.807, 2.05) is 24.3 Å². The molecule has 0 heterocycles. The van der Waals surface area contributed by atoms with E-state index in [0.29, 0.717) is 17.9 Å². The summed E-state index contributed by atoms with van der Waals surface area (Å²) in [5, 5.41) is 3.48. The van der Waals surface area contributed by atoms with Crippen molar-refractivity contribution in [3.8, 4) is 0 Å². The van der Waals surface area contributed by atoms with Gasteiger partial charge >= 0.3 is 0 Å². The van der Waals surface area contributed by atoms with Crippen molar-refractivity contribution in [1.82, 2.24) is 0 Å². The maximum absolute atomic E-state index is 11.8. The number of carbonyl (C=O) groups excluding carboxylic acids is 1. The van der Waals surface area contributed by atoms with E-state index in [1.165, 1.54) is 0 Å². The molecule has 4 heteroatoms. The van der Waals surface area contributed by atoms with Crippen molar-refractivity contribution in [2.75, 3.05) is 11.1 Å². The van der Waals surface area contributed by atoms with Crippen LogP contribution in [0.5, 0.6) is 0 Å². The van der Waals surface area contributed by atoms with E-state index in [9.17, 15) is 4.79 Å². The van der Waals surface area contributed by atoms with E-state index in [2.05, 4.69) is 5.32 Å². The number of aryl methyl sites for hydroxylation is 1. The van der Waals surface area contributed by atoms with E-state index in [0.717, 1.165) is 16.9 Å². The lowest BCUT2D eigenvalue weighted by molar-refractivity contribution is -0.116. The maximum atomic E-state index is 11.8. The third-order valence-corrected chi connectivity index (χ3v) is 2.97. The topological polar surface area (TPSA) is 55.1 Å². The third-order valence-electron chi connectivity index (χ3n) is 2.72. The molecule has 0 aromatic heterocycles. The average Bonchev–Trinajstić information content (AvgIpc) is 2.39. The highest BCUT2D eigenvalue weighted by atomic mass is 35.5. The number of anilines is 2. The van der Waals surface area contributed by atoms with Gasteiger partial charge < -0.3 is 11.1 Å². The first-order valence-electron chi connectivity index (χ1n) is 6.03. The lowest BCUT2D eigenvalue weighted by Crippen LogP contribution is -2.12. The van der Waals surface area contributed by atoms with Gasteiger partial charge in [-0.1, -0.05) is 23.7 Å². The SMILES string of the molecule is Nc1cccc(CCC(=O)Nc2ccc(Cl)cc2)c1. The third kappa shape index (κ3) is 4.30. The minimum absolute atomic E-state index is 0.0234. The second-order valence-electron chi connectivity index (χ2n) is 4.30. The predicted molar refractivity (Wildman–Crippen MR) is 79.3 cm³/mol. The summed E-state index contributed by atoms with van der Waals surface area (Å²) in [6.07, 6.45) is 1.09. The first kappa shape index (κ1) is 13.4. The van der Waals surface area contributed by atoms with Crippen molar-refractivity contribution >= 4 is 28.9 Å². The lowest BCUT2D eigenvalue weighted by atomic mass is 10.1. The molecule has 2 rings (SSSR count). The summed E-state index contributed by atoms with van der Waals surface area (Å²) in [5.41, 5.74) is 8.22. The Balaban J connectivity index is 1.86. The van der Waals surface area contributed by atoms with Crippen molar-refractivity contribution < 1.29 is 4.79 Å². The Bertz CT molecular complexity index is 567. The monoisotopic (exact) mass is 274 g/mol. The van der Waals surface area contributed by atoms with Crippen molar-refractivity contribution in [2.45, 2.75) is 12.8 Å². The van der Waals surface area contributed by atoms with E-state index >= 15 is 0 Å². The van der Waals surface area contributed by atoms with Crippen LogP contribution in [0.4, 0.5) is 11.4 Å². The quantitative estimate of drug-likeness (QED) is 0.839. The van der Waals surface area contributed by atoms with Crippen molar-refractivity contribution in [2.24, 2.45) is 0 Å². The standard InChI is InChI=1S/C15H15ClN2O/c16-12-5-7-14(8-6-12)18-15(19)9-4-11-2-1-3-13(17)10-11/h1-3,5-8,10H,4,9,17H2,(H,18,19). The molecule has 0 atom stereocenters. The van der Waals surface area contributed by atoms with Crippen LogP contribution in [0.3, 0.4) is 0 Å². The highest BCUT2D eigenvalue weighted by Gasteiger charge is 2.03. The largest absolute Gasteiger partial charge is 0.399 e. The van der Waals surface area contributed by atoms with E-state index < -0.39 is 0 Å². The Kier molecular flexibility index (Phi) is 4.42. The lowest BCUT2D eigenvalue weighted by Gasteiger charge is -2.06. The van der Waals surface area contributed by atoms with Gasteiger partial charge in [0, 0.05) is 22.8 Å². The van der Waals surface area contributed by atoms with E-state index in [-0.39, 0.29) is 5.91 Å². The molecule has 0 radical (unpaired) electrons. The number of nitrogen functional groups attached to an aromatic ring is 1. The van der Waals surface area contributed by atoms with Gasteiger partial charge in [-0.25, -0.2) is 0 Å². The van der Waals surface area contributed by atoms with Crippen molar-refractivity contribution in [1.29, 1.82) is 0 Å². The Morgan fingerprint density at radius 3 is 2.58 bits per heavy atom. The summed E-state index contributed by atoms with van der Waals surface area (Å²) in [6, 6.07) is 14.6. The van der Waals surface area contributed by atoms with Gasteiger partial charge in [0.05, 0.1) is 0 Å². The minimum atomic E-state index is -0.0234. The summed E-state index contributed by atoms with van der Waals surface area (Å²) in [4.78, 5) is 11.8. The van der Waals surface area contributed by atoms with Crippen LogP contribution in [0.25, 0.3) is 0 Å². The first-order valence-corrected chi connectivity index (χ1v) is 6.41. The molecule has 0 aliphatic heterocycles. The van der Waals surface area contributed by atoms with E-state index in [1.54, 1.807) is 24.3 Å². The van der Waals surface area contributed by atoms with Crippen LogP contribution in [0.2, 0.25) is 5.02 Å². The Morgan fingerprint density at radius 2 is 1.89 bits per heavy atom. The molecule has 0 saturated heterocycles. The van der Waals surface area contributed by atoms with Gasteiger partial charge in [0.15, 0.2) is 0 Å². The summed E-state index contributed by atoms with van der Waals surface area (Å²) < 4.78 is 0. The van der Waals surface area contributed by atoms with Crippen LogP contribution in [0, 0.1) is 0 Å². The number of nitrogens with two attached hydrogens (primary N) is 1. The van der Waals surface area contributed by atoms with Crippen LogP contribution in [0.1, 0.15) is 12.0 Å². The highest BCUT2D eigenvalue weighted by molar-refractivity contribution is 6.30. The summed E-state index contributed by atoms with van der Waals surface area (Å²) >= 11 is 5.78. The van der Waals surface area contributed by atoms with Crippen molar-refractivity contribution in [3.05, 3.63) is 59.1 Å². The molecule has 0 spiro atoms. The van der Waals surface area contributed by atoms with Gasteiger partial charge in [0.2, 0.25) is 5.91 Å². The zero-order valence-corrected chi connectivity index (χ0v) is 11.2. The number of halogens is 1. The highest BCUT2D eigenvalue weighted by Crippen LogP contribution is 2.14. The normalized spacial score (nSPS) is 10.2. The zero-order valence-electron chi connectivity index (χ0n) is 10.4. The molecule has 2 aromatic rings. The predicted octanol–water partition coefficient (Wildman–Crippen LogP) is 3.49. The molecule has 1 amide bonds. The number of carbonyl (C=O) groups is 1. The van der Waals surface area contributed by atoms with Gasteiger partial charge in [0.1, 0.15) is 0 Å². The molecule has 0 aliphatic rings. The minimum Gasteiger partial charge on any atom is -0.399 e. The smallest absolute Gasteiger partial charge is 0.224 e. The van der Waals surface area contributed by atoms with Gasteiger partial charge in [-0.3, -0.25) is 4.79 Å². The van der Waals surface area contributed by atoms with Gasteiger partial charge in [-0.2, -0.15) is 0 Å². The molecule has 0 fully saturated rings. The molecule has 3 nitrogen and oxygen atoms in total. The molecular formula is C15H15ClN2O. The van der Waals surface area contributed by atoms with Crippen molar-refractivity contribution in [3.63, 3.8) is 0 Å². The number of rotatable bonds is 4. The molecule has 0 aliphatic carbocycles. The zero-order chi connectivity index (χ0) is 13.7. The molecule has 0 bridgehead atoms. The number of hydrogen-bond acceptors (Lipinski definition) is 2. The molecule has 3 N–H and O–H groups in total. The molecule has 0 unspecified atom stereocenters. The summed E-state index contributed by atoms with van der Waals surface area (Å²) in [6.45, 7) is 0. The van der Waals surface area contributed by atoms with Crippen LogP contribution < -0.4 is 11.1 Å². The number of amides is 1. The molecule has 2 aromatic carbocycles. The maximum Gasteiger partial charge on any atom is 0.224 e. The average molecular weight is 275 g/mol. The number of hydrogen-bond donors (Lipinski definition) is 2. The molecular weight excluding hydrogens is 260 g/mol. The van der Waals surface area contributed by atoms with Gasteiger partial charge in [0.25, 0.3) is 0 Å². The van der Waals surface area contributed by atoms with Crippen LogP contribution in [0.15, 0.2) is 48.5 Å². The fourth-order valence-corrected chi connectivity index (χ4v) is 1.89. The van der Waals surface area contributed by atoms with Crippen LogP contribution in [-0.2, 0) is 11.2 Å². The first-order chi connectivity index (χ1) is 9.13. The van der Waals surface area contributed by atoms with Gasteiger partial charge in [-0.05, 0) is 48.4 Å². The Morgan fingerprint density at radius 1 is 1.16 bits per heavy atom. The summed E-state index contributed by atoms with van der Waals surface area (Å²) in [5.74, 6) is -0.0234. The van der Waals surface area contributed by atoms with Crippen LogP contribution >= 0.6 is 11.6 Å². The number of benzene rings is 2. The fourth-order valence-electron chi connectivity index (χ4n) is 1.76. The second-order valence-corrected chi connectivity index (χ2v) is 4.74.